The Kier molecular flexibility index (Phi) is 15.4. The molecule has 8 aromatic rings. The summed E-state index contributed by atoms with van der Waals surface area (Å²) < 4.78 is 48.2. The fourth-order valence-electron chi connectivity index (χ4n) is 11.0. The first-order chi connectivity index (χ1) is 36.6. The zero-order chi connectivity index (χ0) is 49.5. The Balaban J connectivity index is 0.861. The molecule has 0 aliphatic carbocycles. The van der Waals surface area contributed by atoms with Crippen LogP contribution in [-0.4, -0.2) is 51.6 Å². The van der Waals surface area contributed by atoms with Crippen LogP contribution in [0.4, 0.5) is 34.1 Å². The molecule has 0 N–H and O–H groups in total. The van der Waals surface area contributed by atoms with Crippen molar-refractivity contribution in [3.63, 3.8) is 0 Å². The Morgan fingerprint density at radius 3 is 0.757 bits per heavy atom. The second-order valence-corrected chi connectivity index (χ2v) is 20.4. The van der Waals surface area contributed by atoms with Gasteiger partial charge in [-0.25, -0.2) is 0 Å². The average Bonchev–Trinajstić information content (AvgIpc) is 3.50. The van der Waals surface area contributed by atoms with E-state index in [2.05, 4.69) is 155 Å². The summed E-state index contributed by atoms with van der Waals surface area (Å²) in [7, 11) is 0. The van der Waals surface area contributed by atoms with E-state index in [0.29, 0.717) is 26.4 Å². The lowest BCUT2D eigenvalue weighted by Crippen LogP contribution is -2.22. The monoisotopic (exact) mass is 992 g/mol. The quantitative estimate of drug-likeness (QED) is 0.0776. The predicted molar refractivity (Wildman–Crippen MR) is 293 cm³/mol. The van der Waals surface area contributed by atoms with Crippen LogP contribution in [0.25, 0.3) is 32.3 Å². The van der Waals surface area contributed by atoms with Gasteiger partial charge in [0.2, 0.25) is 0 Å². The minimum Gasteiger partial charge on any atom is -0.353 e. The largest absolute Gasteiger partial charge is 0.353 e. The number of benzene rings is 8. The fourth-order valence-corrected chi connectivity index (χ4v) is 11.0. The summed E-state index contributed by atoms with van der Waals surface area (Å²) >= 11 is 0. The molecule has 4 atom stereocenters. The van der Waals surface area contributed by atoms with Crippen LogP contribution >= 0.6 is 0 Å². The molecule has 0 radical (unpaired) electrons. The molecule has 0 saturated carbocycles. The molecular weight excluding hydrogens is 925 g/mol. The number of ether oxygens (including phenoxy) is 8. The number of nitrogens with zero attached hydrogens (tertiary/aromatic N) is 2. The molecule has 12 rings (SSSR count). The smallest absolute Gasteiger partial charge is 0.158 e. The molecule has 0 amide bonds. The highest BCUT2D eigenvalue weighted by Gasteiger charge is 2.22. The zero-order valence-electron chi connectivity index (χ0n) is 42.5. The topological polar surface area (TPSA) is 80.3 Å². The van der Waals surface area contributed by atoms with Crippen LogP contribution in [0.1, 0.15) is 99.3 Å². The first kappa shape index (κ1) is 49.0. The maximum atomic E-state index is 6.18. The SMILES string of the molecule is c1cc(N(c2ccc(COC3CCCCO3)cc2)c2cc3ccc4cc(N(c5ccc(COC6CCCCO6)cc5)c5ccc(COC6CCCCO6)cc5)cc5ccc(c2)c3c45)ccc1COC1CCCCO1. The predicted octanol–water partition coefficient (Wildman–Crippen LogP) is 15.7. The summed E-state index contributed by atoms with van der Waals surface area (Å²) in [4.78, 5) is 4.72. The van der Waals surface area contributed by atoms with Crippen LogP contribution in [0.2, 0.25) is 0 Å². The van der Waals surface area contributed by atoms with Gasteiger partial charge in [0.05, 0.1) is 26.4 Å². The van der Waals surface area contributed by atoms with Crippen molar-refractivity contribution in [1.29, 1.82) is 0 Å². The molecule has 4 saturated heterocycles. The van der Waals surface area contributed by atoms with Crippen molar-refractivity contribution >= 4 is 66.4 Å². The van der Waals surface area contributed by atoms with Crippen molar-refractivity contribution in [3.8, 4) is 0 Å². The maximum Gasteiger partial charge on any atom is 0.158 e. The summed E-state index contributed by atoms with van der Waals surface area (Å²) in [6.45, 7) is 5.13. The number of anilines is 6. The third kappa shape index (κ3) is 11.5. The second kappa shape index (κ2) is 23.3. The van der Waals surface area contributed by atoms with Gasteiger partial charge in [0, 0.05) is 60.6 Å². The standard InChI is InChI=1S/C64H68N2O8/c1-5-33-67-59(9-1)71-41-45-13-25-53(26-14-45)65(54-27-15-46(16-28-54)42-72-60-10-2-6-34-68-60)57-37-49-21-23-51-39-58(40-52-24-22-50(38-57)63(49)64(51)52)66(55-29-17-47(18-30-55)43-73-61-11-3-7-35-69-61)56-31-19-48(20-32-56)44-74-62-12-4-8-36-70-62/h13-32,37-40,59-62H,1-12,33-36,41-44H2. The molecule has 10 heteroatoms. The molecule has 0 bridgehead atoms. The van der Waals surface area contributed by atoms with E-state index < -0.39 is 0 Å². The molecule has 74 heavy (non-hydrogen) atoms. The minimum atomic E-state index is -0.132. The Labute approximate surface area is 435 Å². The van der Waals surface area contributed by atoms with Gasteiger partial charge >= 0.3 is 0 Å². The van der Waals surface area contributed by atoms with Gasteiger partial charge in [0.1, 0.15) is 0 Å². The van der Waals surface area contributed by atoms with Crippen LogP contribution < -0.4 is 9.80 Å². The maximum absolute atomic E-state index is 6.18. The van der Waals surface area contributed by atoms with E-state index in [-0.39, 0.29) is 25.2 Å². The number of hydrogen-bond acceptors (Lipinski definition) is 10. The zero-order valence-corrected chi connectivity index (χ0v) is 42.5. The lowest BCUT2D eigenvalue weighted by atomic mass is 9.92. The Hall–Kier alpha value is -5.92. The van der Waals surface area contributed by atoms with Crippen LogP contribution in [0, 0.1) is 0 Å². The third-order valence-electron chi connectivity index (χ3n) is 15.1. The van der Waals surface area contributed by atoms with E-state index in [4.69, 9.17) is 37.9 Å². The lowest BCUT2D eigenvalue weighted by Gasteiger charge is -2.28. The van der Waals surface area contributed by atoms with Gasteiger partial charge < -0.3 is 47.7 Å². The highest BCUT2D eigenvalue weighted by Crippen LogP contribution is 2.45. The highest BCUT2D eigenvalue weighted by molar-refractivity contribution is 6.24. The molecule has 8 aromatic carbocycles. The van der Waals surface area contributed by atoms with Gasteiger partial charge in [0.25, 0.3) is 0 Å². The van der Waals surface area contributed by atoms with Gasteiger partial charge in [-0.3, -0.25) is 0 Å². The van der Waals surface area contributed by atoms with Crippen LogP contribution in [-0.2, 0) is 64.3 Å². The van der Waals surface area contributed by atoms with Crippen molar-refractivity contribution in [2.75, 3.05) is 36.2 Å². The summed E-state index contributed by atoms with van der Waals surface area (Å²) in [5.41, 5.74) is 10.9. The minimum absolute atomic E-state index is 0.132. The van der Waals surface area contributed by atoms with Crippen molar-refractivity contribution < 1.29 is 37.9 Å². The molecule has 4 fully saturated rings. The Morgan fingerprint density at radius 2 is 0.541 bits per heavy atom. The average molecular weight is 993 g/mol. The van der Waals surface area contributed by atoms with Gasteiger partial charge in [-0.2, -0.15) is 0 Å². The van der Waals surface area contributed by atoms with Crippen molar-refractivity contribution in [3.05, 3.63) is 168 Å². The Morgan fingerprint density at radius 1 is 0.297 bits per heavy atom. The van der Waals surface area contributed by atoms with Crippen LogP contribution in [0.3, 0.4) is 0 Å². The van der Waals surface area contributed by atoms with Crippen LogP contribution in [0.15, 0.2) is 146 Å². The molecule has 382 valence electrons. The molecular formula is C64H68N2O8. The van der Waals surface area contributed by atoms with Gasteiger partial charge in [0.15, 0.2) is 25.2 Å². The molecule has 10 nitrogen and oxygen atoms in total. The molecule has 0 spiro atoms. The van der Waals surface area contributed by atoms with E-state index in [1.54, 1.807) is 0 Å². The van der Waals surface area contributed by atoms with Crippen LogP contribution in [0.5, 0.6) is 0 Å². The highest BCUT2D eigenvalue weighted by atomic mass is 16.7. The number of hydrogen-bond donors (Lipinski definition) is 0. The Bertz CT molecular complexity index is 2640. The third-order valence-corrected chi connectivity index (χ3v) is 15.1. The molecule has 4 aliphatic heterocycles. The summed E-state index contributed by atoms with van der Waals surface area (Å²) in [5.74, 6) is 0. The lowest BCUT2D eigenvalue weighted by molar-refractivity contribution is -0.169. The first-order valence-electron chi connectivity index (χ1n) is 27.3. The van der Waals surface area contributed by atoms with E-state index >= 15 is 0 Å². The van der Waals surface area contributed by atoms with Crippen molar-refractivity contribution in [2.24, 2.45) is 0 Å². The summed E-state index contributed by atoms with van der Waals surface area (Å²) in [6, 6.07) is 53.6. The first-order valence-corrected chi connectivity index (χ1v) is 27.3. The fraction of sp³-hybridized carbons (Fsp3) is 0.375. The molecule has 4 heterocycles. The van der Waals surface area contributed by atoms with E-state index in [1.165, 1.54) is 32.3 Å². The number of rotatable bonds is 18. The summed E-state index contributed by atoms with van der Waals surface area (Å²) in [5, 5.41) is 7.27. The molecule has 4 unspecified atom stereocenters. The summed E-state index contributed by atoms with van der Waals surface area (Å²) in [6.07, 6.45) is 12.2. The second-order valence-electron chi connectivity index (χ2n) is 20.4. The van der Waals surface area contributed by atoms with E-state index in [0.717, 1.165) is 160 Å². The van der Waals surface area contributed by atoms with Crippen molar-refractivity contribution in [2.45, 2.75) is 129 Å². The van der Waals surface area contributed by atoms with Gasteiger partial charge in [-0.1, -0.05) is 72.8 Å². The normalized spacial score (nSPS) is 20.6. The van der Waals surface area contributed by atoms with E-state index in [1.807, 2.05) is 0 Å². The van der Waals surface area contributed by atoms with Gasteiger partial charge in [-0.15, -0.1) is 0 Å². The van der Waals surface area contributed by atoms with Gasteiger partial charge in [-0.05, 0) is 204 Å². The van der Waals surface area contributed by atoms with Crippen molar-refractivity contribution in [1.82, 2.24) is 0 Å². The molecule has 0 aromatic heterocycles. The molecule has 4 aliphatic rings. The van der Waals surface area contributed by atoms with E-state index in [9.17, 15) is 0 Å².